The van der Waals surface area contributed by atoms with E-state index in [1.54, 1.807) is 31.2 Å². The molecule has 252 valence electrons. The van der Waals surface area contributed by atoms with E-state index in [9.17, 15) is 32.7 Å². The van der Waals surface area contributed by atoms with E-state index in [4.69, 9.17) is 28.3 Å². The quantitative estimate of drug-likeness (QED) is 0.217. The van der Waals surface area contributed by atoms with Gasteiger partial charge in [0.15, 0.2) is 11.5 Å². The maximum absolute atomic E-state index is 14.7. The number of hydrogen-bond acceptors (Lipinski definition) is 8. The summed E-state index contributed by atoms with van der Waals surface area (Å²) in [5.41, 5.74) is 1.54. The van der Waals surface area contributed by atoms with Crippen LogP contribution in [0, 0.1) is 6.92 Å². The first-order valence-electron chi connectivity index (χ1n) is 14.7. The molecule has 1 aliphatic rings. The van der Waals surface area contributed by atoms with Gasteiger partial charge in [-0.15, -0.1) is 0 Å². The van der Waals surface area contributed by atoms with Crippen molar-refractivity contribution in [1.82, 2.24) is 35.3 Å². The lowest BCUT2D eigenvalue weighted by atomic mass is 9.97. The molecule has 2 aromatic carbocycles. The number of carbonyl (C=O) groups is 3. The molecule has 3 heterocycles. The first-order chi connectivity index (χ1) is 22.7. The fraction of sp³-hybridized carbons (Fsp3) is 0.312. The third kappa shape index (κ3) is 6.92. The molecule has 2 aromatic heterocycles. The van der Waals surface area contributed by atoms with Crippen LogP contribution in [0.3, 0.4) is 0 Å². The molecule has 0 saturated carbocycles. The van der Waals surface area contributed by atoms with Gasteiger partial charge in [0.05, 0.1) is 52.1 Å². The number of ketones is 1. The van der Waals surface area contributed by atoms with Crippen LogP contribution in [-0.4, -0.2) is 73.6 Å². The van der Waals surface area contributed by atoms with E-state index in [1.807, 2.05) is 0 Å². The lowest BCUT2D eigenvalue weighted by molar-refractivity contribution is -0.141. The van der Waals surface area contributed by atoms with Gasteiger partial charge in [0.1, 0.15) is 11.8 Å². The van der Waals surface area contributed by atoms with Gasteiger partial charge >= 0.3 is 6.18 Å². The van der Waals surface area contributed by atoms with Gasteiger partial charge in [-0.1, -0.05) is 35.3 Å². The Hall–Kier alpha value is -4.37. The molecular weight excluding hydrogens is 674 g/mol. The van der Waals surface area contributed by atoms with Crippen molar-refractivity contribution in [3.05, 3.63) is 104 Å². The first kappa shape index (κ1) is 35.0. The Morgan fingerprint density at radius 2 is 1.88 bits per heavy atom. The number of likely N-dealkylation sites (N-methyl/N-ethyl adjacent to an activating group) is 1. The van der Waals surface area contributed by atoms with E-state index in [0.717, 1.165) is 11.1 Å². The van der Waals surface area contributed by atoms with Crippen molar-refractivity contribution in [3.63, 3.8) is 0 Å². The maximum Gasteiger partial charge on any atom is 0.434 e. The number of nitrogens with zero attached hydrogens (tertiary/aromatic N) is 5. The first-order valence-corrected chi connectivity index (χ1v) is 15.5. The van der Waals surface area contributed by atoms with E-state index < -0.39 is 42.4 Å². The Balaban J connectivity index is 1.62. The fourth-order valence-corrected chi connectivity index (χ4v) is 5.73. The highest BCUT2D eigenvalue weighted by Crippen LogP contribution is 2.32. The smallest absolute Gasteiger partial charge is 0.381 e. The number of aromatic nitrogens is 4. The standard InChI is InChI=1S/C32H30Cl2F3N7O4/c1-16-19(29(46)18-7-8-21(33)22(34)11-18)5-4-6-25(16)44-28(20-12-39-10-9-23(20)42-44)31(48)43(15-26(45)30(47)38-3)17(2)24-13-41-27(14-40-24)32(35,36)37/h4-8,11,13-14,17,26,39,45H,9-10,12,15H2,1-3H3,(H,38,47)/t17-,26+/m0/s1. The minimum absolute atomic E-state index is 0.0103. The SMILES string of the molecule is CNC(=O)[C@H](O)CN(C(=O)c1c2c(nn1-c1cccc(C(=O)c3ccc(Cl)c(Cl)c3)c1C)CCNC2)[C@@H](C)c1cnc(C(F)(F)F)cn1. The molecule has 2 amide bonds. The lowest BCUT2D eigenvalue weighted by Crippen LogP contribution is -2.46. The molecule has 11 nitrogen and oxygen atoms in total. The molecule has 0 aliphatic carbocycles. The summed E-state index contributed by atoms with van der Waals surface area (Å²) in [5, 5.41) is 21.5. The number of nitrogens with one attached hydrogen (secondary N) is 2. The minimum atomic E-state index is -4.73. The molecule has 0 radical (unpaired) electrons. The molecule has 48 heavy (non-hydrogen) atoms. The number of amides is 2. The summed E-state index contributed by atoms with van der Waals surface area (Å²) in [7, 11) is 1.31. The summed E-state index contributed by atoms with van der Waals surface area (Å²) in [6, 6.07) is 8.46. The number of halogens is 5. The number of aliphatic hydroxyl groups excluding tert-OH is 1. The average molecular weight is 705 g/mol. The molecule has 0 spiro atoms. The minimum Gasteiger partial charge on any atom is -0.381 e. The van der Waals surface area contributed by atoms with Gasteiger partial charge < -0.3 is 20.6 Å². The van der Waals surface area contributed by atoms with Crippen LogP contribution in [-0.2, 0) is 23.9 Å². The maximum atomic E-state index is 14.7. The van der Waals surface area contributed by atoms with E-state index in [-0.39, 0.29) is 28.7 Å². The zero-order chi connectivity index (χ0) is 34.9. The van der Waals surface area contributed by atoms with Crippen molar-refractivity contribution in [2.24, 2.45) is 0 Å². The van der Waals surface area contributed by atoms with Gasteiger partial charge in [-0.25, -0.2) is 9.67 Å². The largest absolute Gasteiger partial charge is 0.434 e. The molecule has 0 saturated heterocycles. The zero-order valence-corrected chi connectivity index (χ0v) is 27.4. The van der Waals surface area contributed by atoms with Crippen LogP contribution in [0.4, 0.5) is 13.2 Å². The van der Waals surface area contributed by atoms with Gasteiger partial charge in [-0.2, -0.15) is 18.3 Å². The number of carbonyl (C=O) groups excluding carboxylic acids is 3. The fourth-order valence-electron chi connectivity index (χ4n) is 5.44. The van der Waals surface area contributed by atoms with Crippen molar-refractivity contribution in [3.8, 4) is 5.69 Å². The summed E-state index contributed by atoms with van der Waals surface area (Å²) >= 11 is 12.2. The average Bonchev–Trinajstić information content (AvgIpc) is 3.46. The van der Waals surface area contributed by atoms with Crippen molar-refractivity contribution >= 4 is 40.8 Å². The predicted octanol–water partition coefficient (Wildman–Crippen LogP) is 4.48. The molecule has 2 atom stereocenters. The van der Waals surface area contributed by atoms with Crippen molar-refractivity contribution in [2.45, 2.75) is 45.1 Å². The van der Waals surface area contributed by atoms with Crippen LogP contribution >= 0.6 is 23.2 Å². The molecule has 0 unspecified atom stereocenters. The number of fused-ring (bicyclic) bond motifs is 1. The Morgan fingerprint density at radius 1 is 1.12 bits per heavy atom. The van der Waals surface area contributed by atoms with Crippen LogP contribution in [0.2, 0.25) is 10.0 Å². The second kappa shape index (κ2) is 14.0. The summed E-state index contributed by atoms with van der Waals surface area (Å²) < 4.78 is 41.0. The molecule has 4 aromatic rings. The highest BCUT2D eigenvalue weighted by molar-refractivity contribution is 6.42. The summed E-state index contributed by atoms with van der Waals surface area (Å²) in [6.07, 6.45) is -4.49. The van der Waals surface area contributed by atoms with Crippen molar-refractivity contribution < 1.29 is 32.7 Å². The van der Waals surface area contributed by atoms with Crippen molar-refractivity contribution in [2.75, 3.05) is 20.1 Å². The Morgan fingerprint density at radius 3 is 2.52 bits per heavy atom. The number of benzene rings is 2. The van der Waals surface area contributed by atoms with Crippen LogP contribution < -0.4 is 10.6 Å². The molecule has 0 fully saturated rings. The van der Waals surface area contributed by atoms with E-state index >= 15 is 0 Å². The topological polar surface area (TPSA) is 142 Å². The molecular formula is C32H30Cl2F3N7O4. The van der Waals surface area contributed by atoms with Gasteiger partial charge in [-0.3, -0.25) is 19.4 Å². The normalized spacial score (nSPS) is 14.2. The highest BCUT2D eigenvalue weighted by Gasteiger charge is 2.36. The highest BCUT2D eigenvalue weighted by atomic mass is 35.5. The monoisotopic (exact) mass is 703 g/mol. The molecule has 3 N–H and O–H groups in total. The van der Waals surface area contributed by atoms with E-state index in [2.05, 4.69) is 20.6 Å². The van der Waals surface area contributed by atoms with E-state index in [1.165, 1.54) is 30.8 Å². The van der Waals surface area contributed by atoms with Crippen LogP contribution in [0.1, 0.15) is 67.6 Å². The van der Waals surface area contributed by atoms with Crippen LogP contribution in [0.15, 0.2) is 48.8 Å². The second-order valence-corrected chi connectivity index (χ2v) is 11.9. The molecule has 0 bridgehead atoms. The van der Waals surface area contributed by atoms with Crippen LogP contribution in [0.25, 0.3) is 5.69 Å². The third-order valence-electron chi connectivity index (χ3n) is 8.11. The van der Waals surface area contributed by atoms with Crippen LogP contribution in [0.5, 0.6) is 0 Å². The predicted molar refractivity (Wildman–Crippen MR) is 170 cm³/mol. The lowest BCUT2D eigenvalue weighted by Gasteiger charge is -2.31. The molecule has 1 aliphatic heterocycles. The van der Waals surface area contributed by atoms with Gasteiger partial charge in [-0.05, 0) is 43.7 Å². The summed E-state index contributed by atoms with van der Waals surface area (Å²) in [4.78, 5) is 49.2. The third-order valence-corrected chi connectivity index (χ3v) is 8.85. The summed E-state index contributed by atoms with van der Waals surface area (Å²) in [6.45, 7) is 3.52. The Bertz CT molecular complexity index is 1880. The Labute approximate surface area is 283 Å². The zero-order valence-electron chi connectivity index (χ0n) is 25.9. The number of alkyl halides is 3. The number of rotatable bonds is 9. The van der Waals surface area contributed by atoms with E-state index in [0.29, 0.717) is 57.8 Å². The van der Waals surface area contributed by atoms with Gasteiger partial charge in [0.2, 0.25) is 5.91 Å². The molecule has 5 rings (SSSR count). The van der Waals surface area contributed by atoms with Crippen molar-refractivity contribution in [1.29, 1.82) is 0 Å². The summed E-state index contributed by atoms with van der Waals surface area (Å²) in [5.74, 6) is -1.81. The Kier molecular flexibility index (Phi) is 10.2. The number of hydrogen-bond donors (Lipinski definition) is 3. The van der Waals surface area contributed by atoms with Gasteiger partial charge in [0.25, 0.3) is 5.91 Å². The second-order valence-electron chi connectivity index (χ2n) is 11.1. The number of aliphatic hydroxyl groups is 1. The molecule has 16 heteroatoms. The van der Waals surface area contributed by atoms with Gasteiger partial charge in [0, 0.05) is 43.2 Å².